The molecule has 6 nitrogen and oxygen atoms in total. The number of halogens is 1. The quantitative estimate of drug-likeness (QED) is 0.778. The van der Waals surface area contributed by atoms with E-state index in [2.05, 4.69) is 15.4 Å². The van der Waals surface area contributed by atoms with Crippen LogP contribution in [0.5, 0.6) is 0 Å². The van der Waals surface area contributed by atoms with Gasteiger partial charge in [-0.15, -0.1) is 0 Å². The summed E-state index contributed by atoms with van der Waals surface area (Å²) in [4.78, 5) is 14.5. The fourth-order valence-corrected chi connectivity index (χ4v) is 1.76. The highest BCUT2D eigenvalue weighted by atomic mass is 35.5. The molecule has 0 aliphatic heterocycles. The van der Waals surface area contributed by atoms with Crippen LogP contribution in [0.4, 0.5) is 4.79 Å². The van der Waals surface area contributed by atoms with Crippen LogP contribution >= 0.6 is 11.6 Å². The molecule has 0 unspecified atom stereocenters. The summed E-state index contributed by atoms with van der Waals surface area (Å²) < 4.78 is 1.64. The number of amides is 1. The highest BCUT2D eigenvalue weighted by molar-refractivity contribution is 6.30. The number of aryl methyl sites for hydroxylation is 1. The van der Waals surface area contributed by atoms with Gasteiger partial charge in [-0.2, -0.15) is 5.10 Å². The second-order valence-electron chi connectivity index (χ2n) is 3.26. The van der Waals surface area contributed by atoms with E-state index in [1.54, 1.807) is 24.0 Å². The zero-order chi connectivity index (χ0) is 11.7. The Morgan fingerprint density at radius 3 is 3.12 bits per heavy atom. The molecule has 0 spiro atoms. The van der Waals surface area contributed by atoms with E-state index in [9.17, 15) is 4.79 Å². The SMILES string of the molecule is Cn1ncc2cc(Cl)nc(CNC(=O)O)c21. The highest BCUT2D eigenvalue weighted by Gasteiger charge is 2.10. The van der Waals surface area contributed by atoms with Crippen LogP contribution in [0, 0.1) is 0 Å². The molecule has 84 valence electrons. The van der Waals surface area contributed by atoms with E-state index in [4.69, 9.17) is 16.7 Å². The summed E-state index contributed by atoms with van der Waals surface area (Å²) in [6, 6.07) is 1.69. The normalized spacial score (nSPS) is 10.6. The van der Waals surface area contributed by atoms with Gasteiger partial charge in [-0.3, -0.25) is 4.68 Å². The molecule has 0 radical (unpaired) electrons. The van der Waals surface area contributed by atoms with E-state index in [1.165, 1.54) is 0 Å². The van der Waals surface area contributed by atoms with Gasteiger partial charge < -0.3 is 10.4 Å². The van der Waals surface area contributed by atoms with E-state index >= 15 is 0 Å². The van der Waals surface area contributed by atoms with Crippen molar-refractivity contribution in [2.24, 2.45) is 7.05 Å². The molecule has 0 saturated heterocycles. The predicted octanol–water partition coefficient (Wildman–Crippen LogP) is 1.39. The molecule has 2 rings (SSSR count). The summed E-state index contributed by atoms with van der Waals surface area (Å²) in [5.41, 5.74) is 1.34. The maximum atomic E-state index is 10.4. The number of hydrogen-bond acceptors (Lipinski definition) is 3. The van der Waals surface area contributed by atoms with Gasteiger partial charge >= 0.3 is 6.09 Å². The van der Waals surface area contributed by atoms with Crippen molar-refractivity contribution >= 4 is 28.6 Å². The maximum absolute atomic E-state index is 10.4. The van der Waals surface area contributed by atoms with Gasteiger partial charge in [0.25, 0.3) is 0 Å². The van der Waals surface area contributed by atoms with Crippen molar-refractivity contribution in [1.82, 2.24) is 20.1 Å². The average Bonchev–Trinajstić information content (AvgIpc) is 2.56. The molecule has 0 atom stereocenters. The lowest BCUT2D eigenvalue weighted by Crippen LogP contribution is -2.21. The Morgan fingerprint density at radius 1 is 1.69 bits per heavy atom. The van der Waals surface area contributed by atoms with E-state index in [0.29, 0.717) is 10.8 Å². The smallest absolute Gasteiger partial charge is 0.404 e. The molecule has 0 fully saturated rings. The molecular weight excluding hydrogens is 232 g/mol. The van der Waals surface area contributed by atoms with Gasteiger partial charge in [0.1, 0.15) is 5.15 Å². The lowest BCUT2D eigenvalue weighted by molar-refractivity contribution is 0.194. The molecule has 16 heavy (non-hydrogen) atoms. The van der Waals surface area contributed by atoms with Gasteiger partial charge in [-0.1, -0.05) is 11.6 Å². The first-order valence-corrected chi connectivity index (χ1v) is 4.89. The molecule has 2 N–H and O–H groups in total. The molecular formula is C9H9ClN4O2. The van der Waals surface area contributed by atoms with E-state index in [1.807, 2.05) is 0 Å². The number of carbonyl (C=O) groups is 1. The third kappa shape index (κ3) is 1.92. The van der Waals surface area contributed by atoms with Crippen LogP contribution in [0.3, 0.4) is 0 Å². The van der Waals surface area contributed by atoms with Crippen molar-refractivity contribution in [3.8, 4) is 0 Å². The number of carboxylic acid groups (broad SMARTS) is 1. The Labute approximate surface area is 95.8 Å². The molecule has 0 aliphatic rings. The van der Waals surface area contributed by atoms with Crippen molar-refractivity contribution in [3.63, 3.8) is 0 Å². The molecule has 2 aromatic rings. The fraction of sp³-hybridized carbons (Fsp3) is 0.222. The van der Waals surface area contributed by atoms with E-state index < -0.39 is 6.09 Å². The maximum Gasteiger partial charge on any atom is 0.404 e. The third-order valence-corrected chi connectivity index (χ3v) is 2.36. The Morgan fingerprint density at radius 2 is 2.44 bits per heavy atom. The molecule has 1 amide bonds. The van der Waals surface area contributed by atoms with Crippen molar-refractivity contribution < 1.29 is 9.90 Å². The highest BCUT2D eigenvalue weighted by Crippen LogP contribution is 2.20. The average molecular weight is 241 g/mol. The lowest BCUT2D eigenvalue weighted by atomic mass is 10.2. The largest absolute Gasteiger partial charge is 0.465 e. The molecule has 2 aromatic heterocycles. The third-order valence-electron chi connectivity index (χ3n) is 2.16. The second kappa shape index (κ2) is 3.97. The fourth-order valence-electron chi connectivity index (χ4n) is 1.54. The minimum absolute atomic E-state index is 0.103. The van der Waals surface area contributed by atoms with Crippen LogP contribution in [-0.2, 0) is 13.6 Å². The van der Waals surface area contributed by atoms with Crippen molar-refractivity contribution in [2.75, 3.05) is 0 Å². The van der Waals surface area contributed by atoms with Gasteiger partial charge in [-0.05, 0) is 6.07 Å². The molecule has 0 aliphatic carbocycles. The van der Waals surface area contributed by atoms with Gasteiger partial charge in [0.05, 0.1) is 24.0 Å². The monoisotopic (exact) mass is 240 g/mol. The Hall–Kier alpha value is -1.82. The first-order chi connectivity index (χ1) is 7.58. The van der Waals surface area contributed by atoms with Crippen molar-refractivity contribution in [2.45, 2.75) is 6.54 Å². The lowest BCUT2D eigenvalue weighted by Gasteiger charge is -2.04. The van der Waals surface area contributed by atoms with E-state index in [0.717, 1.165) is 10.9 Å². The second-order valence-corrected chi connectivity index (χ2v) is 3.64. The Balaban J connectivity index is 2.48. The van der Waals surface area contributed by atoms with Gasteiger partial charge in [0, 0.05) is 12.4 Å². The molecule has 0 saturated carbocycles. The first-order valence-electron chi connectivity index (χ1n) is 4.52. The van der Waals surface area contributed by atoms with Gasteiger partial charge in [-0.25, -0.2) is 9.78 Å². The van der Waals surface area contributed by atoms with Crippen molar-refractivity contribution in [1.29, 1.82) is 0 Å². The summed E-state index contributed by atoms with van der Waals surface area (Å²) in [5.74, 6) is 0. The van der Waals surface area contributed by atoms with Crippen LogP contribution in [0.15, 0.2) is 12.3 Å². The van der Waals surface area contributed by atoms with Crippen LogP contribution in [0.25, 0.3) is 10.9 Å². The minimum Gasteiger partial charge on any atom is -0.465 e. The standard InChI is InChI=1S/C9H9ClN4O2/c1-14-8-5(3-12-14)2-7(10)13-6(8)4-11-9(15)16/h2-3,11H,4H2,1H3,(H,15,16). The summed E-state index contributed by atoms with van der Waals surface area (Å²) >= 11 is 5.83. The number of rotatable bonds is 2. The topological polar surface area (TPSA) is 80.0 Å². The number of nitrogens with zero attached hydrogens (tertiary/aromatic N) is 3. The van der Waals surface area contributed by atoms with Crippen LogP contribution in [0.1, 0.15) is 5.69 Å². The number of nitrogens with one attached hydrogen (secondary N) is 1. The predicted molar refractivity (Wildman–Crippen MR) is 58.4 cm³/mol. The molecule has 0 aromatic carbocycles. The Kier molecular flexibility index (Phi) is 2.66. The van der Waals surface area contributed by atoms with Crippen LogP contribution in [-0.4, -0.2) is 26.0 Å². The zero-order valence-corrected chi connectivity index (χ0v) is 9.19. The molecule has 2 heterocycles. The number of pyridine rings is 1. The number of fused-ring (bicyclic) bond motifs is 1. The van der Waals surface area contributed by atoms with Crippen LogP contribution in [0.2, 0.25) is 5.15 Å². The number of aromatic nitrogens is 3. The van der Waals surface area contributed by atoms with Gasteiger partial charge in [0.2, 0.25) is 0 Å². The zero-order valence-electron chi connectivity index (χ0n) is 8.44. The summed E-state index contributed by atoms with van der Waals surface area (Å²) in [6.07, 6.45) is 0.560. The summed E-state index contributed by atoms with van der Waals surface area (Å²) in [5, 5.41) is 16.0. The summed E-state index contributed by atoms with van der Waals surface area (Å²) in [7, 11) is 1.77. The summed E-state index contributed by atoms with van der Waals surface area (Å²) in [6.45, 7) is 0.103. The van der Waals surface area contributed by atoms with E-state index in [-0.39, 0.29) is 6.54 Å². The van der Waals surface area contributed by atoms with Crippen molar-refractivity contribution in [3.05, 3.63) is 23.1 Å². The van der Waals surface area contributed by atoms with Crippen LogP contribution < -0.4 is 5.32 Å². The molecule has 7 heteroatoms. The number of hydrogen-bond donors (Lipinski definition) is 2. The minimum atomic E-state index is -1.10. The Bertz CT molecular complexity index is 552. The van der Waals surface area contributed by atoms with Gasteiger partial charge in [0.15, 0.2) is 0 Å². The first kappa shape index (κ1) is 10.7. The molecule has 0 bridgehead atoms.